The number of amidine groups is 1. The van der Waals surface area contributed by atoms with E-state index in [0.717, 1.165) is 39.8 Å². The molecule has 0 bridgehead atoms. The van der Waals surface area contributed by atoms with E-state index in [1.165, 1.54) is 0 Å². The number of carbonyl (C=O) groups is 1. The Morgan fingerprint density at radius 1 is 1.03 bits per heavy atom. The van der Waals surface area contributed by atoms with Crippen LogP contribution in [0.4, 0.5) is 5.69 Å². The van der Waals surface area contributed by atoms with Crippen molar-refractivity contribution in [3.05, 3.63) is 83.9 Å². The summed E-state index contributed by atoms with van der Waals surface area (Å²) < 4.78 is 11.8. The molecule has 5 rings (SSSR count). The molecule has 5 nitrogen and oxygen atoms in total. The zero-order chi connectivity index (χ0) is 22.1. The van der Waals surface area contributed by atoms with E-state index in [9.17, 15) is 4.79 Å². The molecule has 0 unspecified atom stereocenters. The second-order valence-electron chi connectivity index (χ2n) is 7.77. The van der Waals surface area contributed by atoms with E-state index in [1.807, 2.05) is 84.6 Å². The molecule has 0 radical (unpaired) electrons. The number of rotatable bonds is 4. The molecule has 32 heavy (non-hydrogen) atoms. The van der Waals surface area contributed by atoms with E-state index in [-0.39, 0.29) is 11.9 Å². The number of amides is 1. The maximum atomic E-state index is 14.1. The summed E-state index contributed by atoms with van der Waals surface area (Å²) in [6.07, 6.45) is 0. The fourth-order valence-electron chi connectivity index (χ4n) is 4.17. The summed E-state index contributed by atoms with van der Waals surface area (Å²) in [5.74, 6) is 2.54. The summed E-state index contributed by atoms with van der Waals surface area (Å²) in [6, 6.07) is 23.3. The van der Waals surface area contributed by atoms with Crippen LogP contribution >= 0.6 is 11.8 Å². The molecular weight excluding hydrogens is 420 g/mol. The molecule has 0 aliphatic carbocycles. The quantitative estimate of drug-likeness (QED) is 0.497. The third kappa shape index (κ3) is 3.65. The number of carbonyl (C=O) groups excluding carboxylic acids is 1. The number of hydrogen-bond acceptors (Lipinski definition) is 5. The fraction of sp³-hybridized carbons (Fsp3) is 0.231. The van der Waals surface area contributed by atoms with Gasteiger partial charge in [-0.3, -0.25) is 9.69 Å². The van der Waals surface area contributed by atoms with Gasteiger partial charge in [-0.1, -0.05) is 60.3 Å². The molecule has 0 spiro atoms. The monoisotopic (exact) mass is 444 g/mol. The van der Waals surface area contributed by atoms with Gasteiger partial charge in [0.25, 0.3) is 0 Å². The Bertz CT molecular complexity index is 1150. The number of hydrogen-bond donors (Lipinski definition) is 0. The average Bonchev–Trinajstić information content (AvgIpc) is 3.18. The molecular formula is C26H24N2O3S. The van der Waals surface area contributed by atoms with Gasteiger partial charge in [-0.15, -0.1) is 0 Å². The molecule has 1 saturated heterocycles. The van der Waals surface area contributed by atoms with Gasteiger partial charge in [-0.25, -0.2) is 4.99 Å². The molecule has 0 aromatic heterocycles. The minimum atomic E-state index is -0.440. The Hall–Kier alpha value is -3.25. The molecule has 3 aromatic carbocycles. The third-order valence-corrected chi connectivity index (χ3v) is 6.84. The first-order valence-electron chi connectivity index (χ1n) is 10.8. The summed E-state index contributed by atoms with van der Waals surface area (Å²) in [5, 5.41) is 0.705. The van der Waals surface area contributed by atoms with Crippen LogP contribution in [0.5, 0.6) is 17.2 Å². The van der Waals surface area contributed by atoms with Gasteiger partial charge in [0, 0.05) is 22.9 Å². The van der Waals surface area contributed by atoms with Gasteiger partial charge in [0.05, 0.1) is 12.5 Å². The van der Waals surface area contributed by atoms with E-state index in [2.05, 4.69) is 6.92 Å². The van der Waals surface area contributed by atoms with E-state index in [1.54, 1.807) is 11.8 Å². The largest absolute Gasteiger partial charge is 0.492 e. The number of benzene rings is 3. The molecule has 2 aliphatic heterocycles. The topological polar surface area (TPSA) is 51.1 Å². The molecule has 1 amide bonds. The van der Waals surface area contributed by atoms with Crippen LogP contribution in [0.15, 0.2) is 77.8 Å². The summed E-state index contributed by atoms with van der Waals surface area (Å²) in [6.45, 7) is 4.58. The summed E-state index contributed by atoms with van der Waals surface area (Å²) in [7, 11) is 0. The number of fused-ring (bicyclic) bond motifs is 2. The number of thioether (sulfide) groups is 1. The molecule has 2 heterocycles. The predicted molar refractivity (Wildman–Crippen MR) is 128 cm³/mol. The third-order valence-electron chi connectivity index (χ3n) is 5.65. The highest BCUT2D eigenvalue weighted by molar-refractivity contribution is 8.14. The highest BCUT2D eigenvalue weighted by atomic mass is 32.2. The molecule has 0 N–H and O–H groups in total. The Morgan fingerprint density at radius 2 is 1.66 bits per heavy atom. The second-order valence-corrected chi connectivity index (χ2v) is 8.76. The lowest BCUT2D eigenvalue weighted by Crippen LogP contribution is -2.41. The lowest BCUT2D eigenvalue weighted by atomic mass is 9.86. The van der Waals surface area contributed by atoms with Crippen LogP contribution in [0.2, 0.25) is 0 Å². The van der Waals surface area contributed by atoms with Crippen LogP contribution in [0.25, 0.3) is 0 Å². The van der Waals surface area contributed by atoms with E-state index in [4.69, 9.17) is 14.5 Å². The average molecular weight is 445 g/mol. The minimum Gasteiger partial charge on any atom is -0.492 e. The van der Waals surface area contributed by atoms with Crippen LogP contribution in [0.3, 0.4) is 0 Å². The Labute approximate surface area is 192 Å². The van der Waals surface area contributed by atoms with Crippen molar-refractivity contribution in [2.45, 2.75) is 25.8 Å². The molecule has 162 valence electrons. The van der Waals surface area contributed by atoms with E-state index >= 15 is 0 Å². The van der Waals surface area contributed by atoms with Gasteiger partial charge < -0.3 is 9.47 Å². The number of nitrogens with zero attached hydrogens (tertiary/aromatic N) is 2. The van der Waals surface area contributed by atoms with Crippen molar-refractivity contribution in [3.8, 4) is 17.2 Å². The Balaban J connectivity index is 1.57. The lowest BCUT2D eigenvalue weighted by Gasteiger charge is -2.31. The first-order chi connectivity index (χ1) is 15.7. The van der Waals surface area contributed by atoms with Gasteiger partial charge in [0.2, 0.25) is 5.91 Å². The van der Waals surface area contributed by atoms with Crippen LogP contribution in [0, 0.1) is 0 Å². The SMILES string of the molecule is CCOc1ccccc1N=C1SC[C@H](C)N1C(=O)C1c2ccccc2Oc2ccccc21. The van der Waals surface area contributed by atoms with E-state index in [0.29, 0.717) is 11.8 Å². The highest BCUT2D eigenvalue weighted by Gasteiger charge is 2.41. The van der Waals surface area contributed by atoms with Crippen LogP contribution < -0.4 is 9.47 Å². The normalized spacial score (nSPS) is 18.8. The van der Waals surface area contributed by atoms with Crippen LogP contribution in [-0.4, -0.2) is 34.4 Å². The Morgan fingerprint density at radius 3 is 2.34 bits per heavy atom. The zero-order valence-electron chi connectivity index (χ0n) is 18.0. The highest BCUT2D eigenvalue weighted by Crippen LogP contribution is 2.46. The molecule has 1 atom stereocenters. The molecule has 0 saturated carbocycles. The molecule has 1 fully saturated rings. The first kappa shape index (κ1) is 20.6. The van der Waals surface area contributed by atoms with Crippen molar-refractivity contribution in [2.24, 2.45) is 4.99 Å². The standard InChI is InChI=1S/C26H24N2O3S/c1-3-30-23-15-9-6-12-20(23)27-26-28(17(2)16-32-26)25(29)24-18-10-4-7-13-21(18)31-22-14-8-5-11-19(22)24/h4-15,17,24H,3,16H2,1-2H3/t17-/m0/s1. The zero-order valence-corrected chi connectivity index (χ0v) is 18.8. The van der Waals surface area contributed by atoms with Gasteiger partial charge in [-0.2, -0.15) is 0 Å². The number of ether oxygens (including phenoxy) is 2. The second kappa shape index (κ2) is 8.71. The molecule has 2 aliphatic rings. The maximum Gasteiger partial charge on any atom is 0.241 e. The van der Waals surface area contributed by atoms with E-state index < -0.39 is 5.92 Å². The van der Waals surface area contributed by atoms with Gasteiger partial charge in [0.15, 0.2) is 5.17 Å². The van der Waals surface area contributed by atoms with Crippen molar-refractivity contribution >= 4 is 28.5 Å². The number of para-hydroxylation sites is 4. The first-order valence-corrected chi connectivity index (χ1v) is 11.8. The molecule has 6 heteroatoms. The number of aliphatic imine (C=N–C) groups is 1. The predicted octanol–water partition coefficient (Wildman–Crippen LogP) is 5.97. The Kier molecular flexibility index (Phi) is 5.62. The fourth-order valence-corrected chi connectivity index (χ4v) is 5.28. The minimum absolute atomic E-state index is 0.0124. The van der Waals surface area contributed by atoms with Gasteiger partial charge >= 0.3 is 0 Å². The summed E-state index contributed by atoms with van der Waals surface area (Å²) in [4.78, 5) is 20.8. The van der Waals surface area contributed by atoms with Gasteiger partial charge in [-0.05, 0) is 38.1 Å². The summed E-state index contributed by atoms with van der Waals surface area (Å²) in [5.41, 5.74) is 2.50. The maximum absolute atomic E-state index is 14.1. The van der Waals surface area contributed by atoms with Crippen LogP contribution in [0.1, 0.15) is 30.9 Å². The lowest BCUT2D eigenvalue weighted by molar-refractivity contribution is -0.128. The molecule has 3 aromatic rings. The van der Waals surface area contributed by atoms with Crippen molar-refractivity contribution in [1.82, 2.24) is 4.90 Å². The van der Waals surface area contributed by atoms with Gasteiger partial charge in [0.1, 0.15) is 22.9 Å². The van der Waals surface area contributed by atoms with Crippen LogP contribution in [-0.2, 0) is 4.79 Å². The van der Waals surface area contributed by atoms with Crippen molar-refractivity contribution in [1.29, 1.82) is 0 Å². The van der Waals surface area contributed by atoms with Crippen molar-refractivity contribution in [2.75, 3.05) is 12.4 Å². The smallest absolute Gasteiger partial charge is 0.241 e. The van der Waals surface area contributed by atoms with Crippen molar-refractivity contribution < 1.29 is 14.3 Å². The van der Waals surface area contributed by atoms with Crippen molar-refractivity contribution in [3.63, 3.8) is 0 Å². The summed E-state index contributed by atoms with van der Waals surface area (Å²) >= 11 is 1.60.